The second kappa shape index (κ2) is 6.55. The highest BCUT2D eigenvalue weighted by Gasteiger charge is 2.24. The van der Waals surface area contributed by atoms with Crippen LogP contribution in [0.25, 0.3) is 0 Å². The first-order valence-electron chi connectivity index (χ1n) is 5.61. The fourth-order valence-electron chi connectivity index (χ4n) is 1.61. The number of halogens is 2. The molecule has 0 spiro atoms. The molecule has 0 aliphatic rings. The van der Waals surface area contributed by atoms with Crippen LogP contribution in [0.2, 0.25) is 0 Å². The molecule has 0 heterocycles. The summed E-state index contributed by atoms with van der Waals surface area (Å²) in [7, 11) is 1.64. The highest BCUT2D eigenvalue weighted by Crippen LogP contribution is 2.24. The van der Waals surface area contributed by atoms with E-state index >= 15 is 0 Å². The number of carboxylic acid groups (broad SMARTS) is 1. The van der Waals surface area contributed by atoms with Gasteiger partial charge in [0.15, 0.2) is 0 Å². The monoisotopic (exact) mass is 275 g/mol. The van der Waals surface area contributed by atoms with Gasteiger partial charge in [-0.15, -0.1) is 0 Å². The van der Waals surface area contributed by atoms with Crippen molar-refractivity contribution in [2.75, 3.05) is 13.6 Å². The van der Waals surface area contributed by atoms with Gasteiger partial charge in [-0.2, -0.15) is 0 Å². The lowest BCUT2D eigenvalue weighted by Gasteiger charge is -2.19. The smallest absolute Gasteiger partial charge is 0.338 e. The van der Waals surface area contributed by atoms with Crippen LogP contribution in [0.3, 0.4) is 0 Å². The summed E-state index contributed by atoms with van der Waals surface area (Å²) >= 11 is 0. The molecule has 1 aromatic rings. The fourth-order valence-corrected chi connectivity index (χ4v) is 1.61. The maximum absolute atomic E-state index is 13.5. The second-order valence-corrected chi connectivity index (χ2v) is 4.06. The molecule has 0 saturated heterocycles. The lowest BCUT2D eigenvalue weighted by Crippen LogP contribution is -2.24. The van der Waals surface area contributed by atoms with E-state index in [-0.39, 0.29) is 6.42 Å². The van der Waals surface area contributed by atoms with Crippen molar-refractivity contribution in [1.82, 2.24) is 5.32 Å². The molecule has 2 atom stereocenters. The second-order valence-electron chi connectivity index (χ2n) is 4.06. The first-order valence-corrected chi connectivity index (χ1v) is 5.61. The van der Waals surface area contributed by atoms with Gasteiger partial charge in [0.2, 0.25) is 0 Å². The van der Waals surface area contributed by atoms with E-state index in [1.807, 2.05) is 0 Å². The number of carbonyl (C=O) groups is 1. The minimum atomic E-state index is -1.62. The number of rotatable bonds is 6. The van der Waals surface area contributed by atoms with Crippen LogP contribution in [-0.4, -0.2) is 41.0 Å². The van der Waals surface area contributed by atoms with E-state index in [9.17, 15) is 23.8 Å². The Bertz CT molecular complexity index is 467. The molecule has 7 heteroatoms. The summed E-state index contributed by atoms with van der Waals surface area (Å²) in [5.41, 5.74) is -1.20. The Balaban J connectivity index is 3.05. The molecular formula is C12H15F2NO4. The van der Waals surface area contributed by atoms with Crippen molar-refractivity contribution in [2.24, 2.45) is 0 Å². The van der Waals surface area contributed by atoms with Crippen molar-refractivity contribution < 1.29 is 28.9 Å². The van der Waals surface area contributed by atoms with Crippen LogP contribution >= 0.6 is 0 Å². The maximum Gasteiger partial charge on any atom is 0.338 e. The molecule has 2 unspecified atom stereocenters. The van der Waals surface area contributed by atoms with Gasteiger partial charge in [0.1, 0.15) is 17.7 Å². The van der Waals surface area contributed by atoms with E-state index in [4.69, 9.17) is 5.11 Å². The Morgan fingerprint density at radius 3 is 2.47 bits per heavy atom. The van der Waals surface area contributed by atoms with Crippen LogP contribution in [0.4, 0.5) is 8.78 Å². The van der Waals surface area contributed by atoms with Gasteiger partial charge >= 0.3 is 5.97 Å². The summed E-state index contributed by atoms with van der Waals surface area (Å²) in [6.45, 7) is 0.382. The summed E-state index contributed by atoms with van der Waals surface area (Å²) in [4.78, 5) is 10.7. The molecule has 5 nitrogen and oxygen atoms in total. The van der Waals surface area contributed by atoms with Gasteiger partial charge < -0.3 is 20.6 Å². The van der Waals surface area contributed by atoms with Crippen LogP contribution in [0.5, 0.6) is 0 Å². The number of aliphatic hydroxyl groups is 2. The maximum atomic E-state index is 13.5. The third kappa shape index (κ3) is 3.69. The SMILES string of the molecule is CNCCC(O)C(O)c1cc(C(=O)O)c(F)cc1F. The number of aliphatic hydroxyl groups excluding tert-OH is 2. The third-order valence-electron chi connectivity index (χ3n) is 2.69. The van der Waals surface area contributed by atoms with Crippen LogP contribution in [0.15, 0.2) is 12.1 Å². The summed E-state index contributed by atoms with van der Waals surface area (Å²) in [5.74, 6) is -3.90. The Morgan fingerprint density at radius 2 is 1.95 bits per heavy atom. The molecule has 0 bridgehead atoms. The molecule has 106 valence electrons. The van der Waals surface area contributed by atoms with Crippen LogP contribution in [-0.2, 0) is 0 Å². The summed E-state index contributed by atoms with van der Waals surface area (Å²) in [6, 6.07) is 1.08. The van der Waals surface area contributed by atoms with Crippen molar-refractivity contribution in [2.45, 2.75) is 18.6 Å². The van der Waals surface area contributed by atoms with Crippen molar-refractivity contribution in [3.63, 3.8) is 0 Å². The largest absolute Gasteiger partial charge is 0.478 e. The number of hydrogen-bond donors (Lipinski definition) is 4. The zero-order valence-electron chi connectivity index (χ0n) is 10.2. The predicted octanol–water partition coefficient (Wildman–Crippen LogP) is 0.667. The summed E-state index contributed by atoms with van der Waals surface area (Å²) in [6.07, 6.45) is -2.77. The molecule has 0 aliphatic heterocycles. The Hall–Kier alpha value is -1.57. The molecule has 1 rings (SSSR count). The molecule has 4 N–H and O–H groups in total. The van der Waals surface area contributed by atoms with Crippen molar-refractivity contribution in [3.8, 4) is 0 Å². The van der Waals surface area contributed by atoms with Crippen LogP contribution in [0.1, 0.15) is 28.4 Å². The Kier molecular flexibility index (Phi) is 5.34. The zero-order valence-corrected chi connectivity index (χ0v) is 10.2. The third-order valence-corrected chi connectivity index (χ3v) is 2.69. The van der Waals surface area contributed by atoms with Crippen LogP contribution < -0.4 is 5.32 Å². The van der Waals surface area contributed by atoms with E-state index in [2.05, 4.69) is 5.32 Å². The van der Waals surface area contributed by atoms with Gasteiger partial charge in [0, 0.05) is 11.6 Å². The highest BCUT2D eigenvalue weighted by atomic mass is 19.1. The molecule has 0 aromatic heterocycles. The first-order chi connectivity index (χ1) is 8.88. The zero-order chi connectivity index (χ0) is 14.6. The van der Waals surface area contributed by atoms with Gasteiger partial charge in [-0.3, -0.25) is 0 Å². The number of aromatic carboxylic acids is 1. The molecule has 19 heavy (non-hydrogen) atoms. The fraction of sp³-hybridized carbons (Fsp3) is 0.417. The number of carboxylic acids is 1. The molecule has 0 aliphatic carbocycles. The number of nitrogens with one attached hydrogen (secondary N) is 1. The Morgan fingerprint density at radius 1 is 1.32 bits per heavy atom. The lowest BCUT2D eigenvalue weighted by molar-refractivity contribution is 0.0118. The molecule has 0 amide bonds. The Labute approximate surface area is 108 Å². The van der Waals surface area contributed by atoms with Gasteiger partial charge in [-0.25, -0.2) is 13.6 Å². The van der Waals surface area contributed by atoms with Crippen molar-refractivity contribution >= 4 is 5.97 Å². The van der Waals surface area contributed by atoms with E-state index in [1.54, 1.807) is 7.05 Å². The molecule has 0 saturated carbocycles. The topological polar surface area (TPSA) is 89.8 Å². The van der Waals surface area contributed by atoms with Crippen molar-refractivity contribution in [3.05, 3.63) is 34.9 Å². The van der Waals surface area contributed by atoms with E-state index < -0.39 is 40.9 Å². The minimum absolute atomic E-state index is 0.136. The minimum Gasteiger partial charge on any atom is -0.478 e. The summed E-state index contributed by atoms with van der Waals surface area (Å²) < 4.78 is 26.7. The van der Waals surface area contributed by atoms with Gasteiger partial charge in [-0.1, -0.05) is 0 Å². The molecular weight excluding hydrogens is 260 g/mol. The predicted molar refractivity (Wildman–Crippen MR) is 62.8 cm³/mol. The average Bonchev–Trinajstić information content (AvgIpc) is 2.34. The summed E-state index contributed by atoms with van der Waals surface area (Å²) in [5, 5.41) is 30.9. The quantitative estimate of drug-likeness (QED) is 0.612. The van der Waals surface area contributed by atoms with Crippen molar-refractivity contribution in [1.29, 1.82) is 0 Å². The molecule has 1 aromatic carbocycles. The van der Waals surface area contributed by atoms with Crippen LogP contribution in [0, 0.1) is 11.6 Å². The normalized spacial score (nSPS) is 14.2. The van der Waals surface area contributed by atoms with Gasteiger partial charge in [0.05, 0.1) is 11.7 Å². The first kappa shape index (κ1) is 15.5. The van der Waals surface area contributed by atoms with E-state index in [0.29, 0.717) is 18.7 Å². The molecule has 0 radical (unpaired) electrons. The highest BCUT2D eigenvalue weighted by molar-refractivity contribution is 5.88. The number of hydrogen-bond acceptors (Lipinski definition) is 4. The van der Waals surface area contributed by atoms with Gasteiger partial charge in [0.25, 0.3) is 0 Å². The molecule has 0 fully saturated rings. The standard InChI is InChI=1S/C12H15F2NO4/c1-15-3-2-10(16)11(17)6-4-7(12(18)19)9(14)5-8(6)13/h4-5,10-11,15-17H,2-3H2,1H3,(H,18,19). The van der Waals surface area contributed by atoms with Gasteiger partial charge in [-0.05, 0) is 26.1 Å². The number of benzene rings is 1. The van der Waals surface area contributed by atoms with E-state index in [1.165, 1.54) is 0 Å². The lowest BCUT2D eigenvalue weighted by atomic mass is 9.99. The average molecular weight is 275 g/mol. The van der Waals surface area contributed by atoms with E-state index in [0.717, 1.165) is 0 Å².